The summed E-state index contributed by atoms with van der Waals surface area (Å²) in [6.45, 7) is 3.27. The summed E-state index contributed by atoms with van der Waals surface area (Å²) in [6, 6.07) is 1.48. The Bertz CT molecular complexity index is 491. The maximum atomic E-state index is 12.7. The summed E-state index contributed by atoms with van der Waals surface area (Å²) in [6.07, 6.45) is 22.1. The molecule has 0 unspecified atom stereocenters. The molecule has 2 rings (SSSR count). The maximum Gasteiger partial charge on any atom is 0.199 e. The highest BCUT2D eigenvalue weighted by Gasteiger charge is 2.24. The molecule has 0 N–H and O–H groups in total. The van der Waals surface area contributed by atoms with Gasteiger partial charge < -0.3 is 4.74 Å². The van der Waals surface area contributed by atoms with Gasteiger partial charge in [0.05, 0.1) is 6.10 Å². The number of nitrogens with zero attached hydrogens (tertiary/aromatic N) is 1. The molecule has 2 fully saturated rings. The number of hydrogen-bond acceptors (Lipinski definition) is 2. The number of hydrogen-bond donors (Lipinski definition) is 0. The van der Waals surface area contributed by atoms with E-state index in [1.54, 1.807) is 6.08 Å². The Morgan fingerprint density at radius 1 is 1.00 bits per heavy atom. The lowest BCUT2D eigenvalue weighted by Gasteiger charge is -2.32. The van der Waals surface area contributed by atoms with Crippen molar-refractivity contribution in [3.8, 4) is 6.07 Å². The van der Waals surface area contributed by atoms with Gasteiger partial charge in [0.2, 0.25) is 0 Å². The Morgan fingerprint density at radius 3 is 2.30 bits per heavy atom. The van der Waals surface area contributed by atoms with Crippen LogP contribution in [0.4, 0.5) is 4.39 Å². The first-order valence-electron chi connectivity index (χ1n) is 11.2. The Balaban J connectivity index is 1.52. The third kappa shape index (κ3) is 9.06. The second kappa shape index (κ2) is 13.1. The number of halogens is 1. The number of nitriles is 1. The molecule has 0 heterocycles. The van der Waals surface area contributed by atoms with Gasteiger partial charge in [-0.2, -0.15) is 9.65 Å². The largest absolute Gasteiger partial charge is 0.378 e. The predicted molar refractivity (Wildman–Crippen MR) is 110 cm³/mol. The van der Waals surface area contributed by atoms with Gasteiger partial charge in [0, 0.05) is 6.61 Å². The molecular weight excluding hydrogens is 337 g/mol. The smallest absolute Gasteiger partial charge is 0.199 e. The van der Waals surface area contributed by atoms with Crippen molar-refractivity contribution >= 4 is 0 Å². The van der Waals surface area contributed by atoms with Gasteiger partial charge in [0.1, 0.15) is 6.07 Å². The van der Waals surface area contributed by atoms with Gasteiger partial charge in [-0.15, -0.1) is 0 Å². The first-order chi connectivity index (χ1) is 13.2. The molecule has 2 nitrogen and oxygen atoms in total. The van der Waals surface area contributed by atoms with E-state index in [2.05, 4.69) is 6.92 Å². The molecule has 0 spiro atoms. The number of unbranched alkanes of at least 4 members (excludes halogenated alkanes) is 1. The molecule has 0 saturated heterocycles. The van der Waals surface area contributed by atoms with Crippen LogP contribution in [0.1, 0.15) is 90.4 Å². The zero-order chi connectivity index (χ0) is 19.3. The summed E-state index contributed by atoms with van der Waals surface area (Å²) in [5.74, 6) is 1.83. The van der Waals surface area contributed by atoms with Crippen LogP contribution < -0.4 is 0 Å². The highest BCUT2D eigenvalue weighted by atomic mass is 19.1. The summed E-state index contributed by atoms with van der Waals surface area (Å²) in [4.78, 5) is 0. The lowest BCUT2D eigenvalue weighted by molar-refractivity contribution is -0.0102. The molecule has 0 aliphatic heterocycles. The highest BCUT2D eigenvalue weighted by molar-refractivity contribution is 5.18. The Morgan fingerprint density at radius 2 is 1.63 bits per heavy atom. The molecule has 0 aromatic carbocycles. The fourth-order valence-electron chi connectivity index (χ4n) is 4.66. The molecule has 27 heavy (non-hydrogen) atoms. The van der Waals surface area contributed by atoms with E-state index in [1.165, 1.54) is 82.8 Å². The number of ether oxygens (including phenoxy) is 1. The lowest BCUT2D eigenvalue weighted by Crippen LogP contribution is -2.26. The third-order valence-corrected chi connectivity index (χ3v) is 6.52. The normalized spacial score (nSPS) is 29.7. The second-order valence-electron chi connectivity index (χ2n) is 8.64. The van der Waals surface area contributed by atoms with Crippen LogP contribution in [0.25, 0.3) is 0 Å². The van der Waals surface area contributed by atoms with E-state index in [0.29, 0.717) is 6.10 Å². The van der Waals surface area contributed by atoms with Crippen LogP contribution in [-0.2, 0) is 4.74 Å². The van der Waals surface area contributed by atoms with E-state index in [9.17, 15) is 4.39 Å². The summed E-state index contributed by atoms with van der Waals surface area (Å²) < 4.78 is 18.9. The summed E-state index contributed by atoms with van der Waals surface area (Å²) >= 11 is 0. The van der Waals surface area contributed by atoms with E-state index < -0.39 is 5.83 Å². The van der Waals surface area contributed by atoms with Crippen molar-refractivity contribution in [3.63, 3.8) is 0 Å². The number of rotatable bonds is 10. The SMILES string of the molecule is CCCC[C@H]1CC[C@H](CO[C@H]2CC[C@H](CC/C=C/C=C(\F)C#N)CC2)CC1. The van der Waals surface area contributed by atoms with Crippen molar-refractivity contribution in [1.29, 1.82) is 5.26 Å². The minimum atomic E-state index is -0.724. The molecule has 2 aliphatic rings. The predicted octanol–water partition coefficient (Wildman–Crippen LogP) is 7.27. The fourth-order valence-corrected chi connectivity index (χ4v) is 4.66. The second-order valence-corrected chi connectivity index (χ2v) is 8.64. The molecule has 2 aliphatic carbocycles. The molecule has 2 saturated carbocycles. The van der Waals surface area contributed by atoms with Gasteiger partial charge in [-0.05, 0) is 75.2 Å². The lowest BCUT2D eigenvalue weighted by atomic mass is 9.80. The molecular formula is C24H38FNO. The van der Waals surface area contributed by atoms with Crippen LogP contribution in [0, 0.1) is 29.1 Å². The Hall–Kier alpha value is -1.14. The summed E-state index contributed by atoms with van der Waals surface area (Å²) in [5, 5.41) is 8.35. The van der Waals surface area contributed by atoms with E-state index in [4.69, 9.17) is 10.00 Å². The van der Waals surface area contributed by atoms with Gasteiger partial charge in [-0.25, -0.2) is 0 Å². The monoisotopic (exact) mass is 375 g/mol. The molecule has 0 aromatic rings. The highest BCUT2D eigenvalue weighted by Crippen LogP contribution is 2.34. The Kier molecular flexibility index (Phi) is 10.8. The van der Waals surface area contributed by atoms with Crippen LogP contribution in [0.15, 0.2) is 24.1 Å². The van der Waals surface area contributed by atoms with Crippen LogP contribution in [0.5, 0.6) is 0 Å². The maximum absolute atomic E-state index is 12.7. The zero-order valence-corrected chi connectivity index (χ0v) is 17.2. The minimum absolute atomic E-state index is 0.474. The first kappa shape index (κ1) is 22.2. The van der Waals surface area contributed by atoms with Crippen molar-refractivity contribution < 1.29 is 9.13 Å². The summed E-state index contributed by atoms with van der Waals surface area (Å²) in [7, 11) is 0. The van der Waals surface area contributed by atoms with Crippen LogP contribution in [-0.4, -0.2) is 12.7 Å². The van der Waals surface area contributed by atoms with E-state index in [0.717, 1.165) is 37.2 Å². The number of allylic oxidation sites excluding steroid dienone is 4. The molecule has 0 amide bonds. The molecule has 0 bridgehead atoms. The minimum Gasteiger partial charge on any atom is -0.378 e. The van der Waals surface area contributed by atoms with Gasteiger partial charge in [0.15, 0.2) is 5.83 Å². The standard InChI is InChI=1S/C24H38FNO/c1-2-3-7-20-10-12-22(13-11-20)19-27-24-16-14-21(15-17-24)8-5-4-6-9-23(25)18-26/h4,6,9,20-22,24H,2-3,5,7-8,10-17,19H2,1H3/b6-4+,23-9-/t20-,21-,22-,24-. The topological polar surface area (TPSA) is 33.0 Å². The van der Waals surface area contributed by atoms with E-state index >= 15 is 0 Å². The average molecular weight is 376 g/mol. The van der Waals surface area contributed by atoms with Crippen LogP contribution in [0.3, 0.4) is 0 Å². The molecule has 0 atom stereocenters. The van der Waals surface area contributed by atoms with E-state index in [1.807, 2.05) is 6.08 Å². The van der Waals surface area contributed by atoms with Gasteiger partial charge >= 0.3 is 0 Å². The van der Waals surface area contributed by atoms with Crippen LogP contribution in [0.2, 0.25) is 0 Å². The average Bonchev–Trinajstić information content (AvgIpc) is 2.72. The summed E-state index contributed by atoms with van der Waals surface area (Å²) in [5.41, 5.74) is 0. The third-order valence-electron chi connectivity index (χ3n) is 6.52. The molecule has 152 valence electrons. The van der Waals surface area contributed by atoms with Crippen molar-refractivity contribution in [2.24, 2.45) is 17.8 Å². The molecule has 3 heteroatoms. The van der Waals surface area contributed by atoms with Gasteiger partial charge in [-0.3, -0.25) is 0 Å². The van der Waals surface area contributed by atoms with Crippen molar-refractivity contribution in [1.82, 2.24) is 0 Å². The van der Waals surface area contributed by atoms with Crippen molar-refractivity contribution in [3.05, 3.63) is 24.1 Å². The van der Waals surface area contributed by atoms with E-state index in [-0.39, 0.29) is 0 Å². The first-order valence-corrected chi connectivity index (χ1v) is 11.2. The van der Waals surface area contributed by atoms with Gasteiger partial charge in [0.25, 0.3) is 0 Å². The Labute approximate surface area is 165 Å². The van der Waals surface area contributed by atoms with Gasteiger partial charge in [-0.1, -0.05) is 51.2 Å². The van der Waals surface area contributed by atoms with Crippen molar-refractivity contribution in [2.75, 3.05) is 6.61 Å². The quantitative estimate of drug-likeness (QED) is 0.297. The molecule has 0 radical (unpaired) electrons. The zero-order valence-electron chi connectivity index (χ0n) is 17.2. The van der Waals surface area contributed by atoms with Crippen LogP contribution >= 0.6 is 0 Å². The van der Waals surface area contributed by atoms with Crippen molar-refractivity contribution in [2.45, 2.75) is 96.5 Å². The molecule has 0 aromatic heterocycles. The fraction of sp³-hybridized carbons (Fsp3) is 0.792.